The topological polar surface area (TPSA) is 78.5 Å². The van der Waals surface area contributed by atoms with Crippen LogP contribution < -0.4 is 15.5 Å². The molecule has 0 unspecified atom stereocenters. The number of nitrogens with one attached hydrogen (secondary N) is 2. The van der Waals surface area contributed by atoms with Gasteiger partial charge in [0.05, 0.1) is 5.69 Å². The van der Waals surface area contributed by atoms with Crippen molar-refractivity contribution in [2.45, 2.75) is 0 Å². The number of carbonyl (C=O) groups excluding carboxylic acids is 3. The van der Waals surface area contributed by atoms with Gasteiger partial charge in [0.1, 0.15) is 0 Å². The molecule has 0 saturated heterocycles. The molecule has 6 heteroatoms. The number of rotatable bonds is 5. The van der Waals surface area contributed by atoms with Crippen molar-refractivity contribution in [3.63, 3.8) is 0 Å². The Hall–Kier alpha value is -2.47. The molecule has 1 aromatic rings. The fourth-order valence-electron chi connectivity index (χ4n) is 1.82. The Morgan fingerprint density at radius 1 is 1.05 bits per heavy atom. The van der Waals surface area contributed by atoms with Crippen LogP contribution in [0, 0.1) is 0 Å². The van der Waals surface area contributed by atoms with Gasteiger partial charge < -0.3 is 10.6 Å². The maximum absolute atomic E-state index is 11.8. The molecule has 2 rings (SSSR count). The normalized spacial score (nSPS) is 13.9. The van der Waals surface area contributed by atoms with Gasteiger partial charge in [-0.1, -0.05) is 0 Å². The summed E-state index contributed by atoms with van der Waals surface area (Å²) in [5.74, 6) is -0.938. The van der Waals surface area contributed by atoms with Gasteiger partial charge in [0.2, 0.25) is 0 Å². The molecule has 1 heterocycles. The summed E-state index contributed by atoms with van der Waals surface area (Å²) in [6.07, 6.45) is 2.45. The highest BCUT2D eigenvalue weighted by Crippen LogP contribution is 2.19. The molecule has 0 aliphatic carbocycles. The van der Waals surface area contributed by atoms with Crippen LogP contribution in [-0.4, -0.2) is 37.9 Å². The zero-order valence-corrected chi connectivity index (χ0v) is 11.1. The fraction of sp³-hybridized carbons (Fsp3) is 0.214. The Labute approximate surface area is 116 Å². The number of hydrogen-bond acceptors (Lipinski definition) is 4. The molecule has 0 saturated carbocycles. The fourth-order valence-corrected chi connectivity index (χ4v) is 1.82. The van der Waals surface area contributed by atoms with Crippen molar-refractivity contribution in [3.05, 3.63) is 42.0 Å². The van der Waals surface area contributed by atoms with Crippen molar-refractivity contribution in [1.82, 2.24) is 10.6 Å². The molecule has 0 bridgehead atoms. The van der Waals surface area contributed by atoms with E-state index in [2.05, 4.69) is 10.6 Å². The second kappa shape index (κ2) is 6.12. The Bertz CT molecular complexity index is 546. The third kappa shape index (κ3) is 2.92. The highest BCUT2D eigenvalue weighted by atomic mass is 16.2. The molecule has 6 nitrogen and oxygen atoms in total. The number of amides is 3. The highest BCUT2D eigenvalue weighted by molar-refractivity contribution is 6.28. The lowest BCUT2D eigenvalue weighted by atomic mass is 10.2. The van der Waals surface area contributed by atoms with Crippen LogP contribution in [0.5, 0.6) is 0 Å². The van der Waals surface area contributed by atoms with E-state index in [0.29, 0.717) is 24.3 Å². The van der Waals surface area contributed by atoms with Gasteiger partial charge in [-0.15, -0.1) is 0 Å². The predicted molar refractivity (Wildman–Crippen MR) is 74.3 cm³/mol. The van der Waals surface area contributed by atoms with Crippen LogP contribution in [0.2, 0.25) is 0 Å². The number of imide groups is 1. The molecule has 1 aliphatic heterocycles. The summed E-state index contributed by atoms with van der Waals surface area (Å²) in [6.45, 7) is 1.22. The standard InChI is InChI=1S/C14H15N3O3/c1-15-8-9-16-14(20)10-2-4-11(5-3-10)17-12(18)6-7-13(17)19/h2-7,15H,8-9H2,1H3,(H,16,20). The summed E-state index contributed by atoms with van der Waals surface area (Å²) in [5, 5.41) is 5.67. The van der Waals surface area contributed by atoms with E-state index in [9.17, 15) is 14.4 Å². The number of hydrogen-bond donors (Lipinski definition) is 2. The maximum Gasteiger partial charge on any atom is 0.258 e. The third-order valence-corrected chi connectivity index (χ3v) is 2.86. The molecule has 2 N–H and O–H groups in total. The van der Waals surface area contributed by atoms with Gasteiger partial charge in [-0.3, -0.25) is 14.4 Å². The zero-order valence-electron chi connectivity index (χ0n) is 11.1. The molecule has 0 radical (unpaired) electrons. The lowest BCUT2D eigenvalue weighted by molar-refractivity contribution is -0.119. The molecule has 20 heavy (non-hydrogen) atoms. The minimum Gasteiger partial charge on any atom is -0.351 e. The van der Waals surface area contributed by atoms with Crippen molar-refractivity contribution < 1.29 is 14.4 Å². The van der Waals surface area contributed by atoms with Crippen molar-refractivity contribution >= 4 is 23.4 Å². The highest BCUT2D eigenvalue weighted by Gasteiger charge is 2.24. The molecule has 1 aromatic carbocycles. The number of nitrogens with zero attached hydrogens (tertiary/aromatic N) is 1. The van der Waals surface area contributed by atoms with Crippen molar-refractivity contribution in [2.75, 3.05) is 25.0 Å². The van der Waals surface area contributed by atoms with Crippen LogP contribution in [0.25, 0.3) is 0 Å². The minimum absolute atomic E-state index is 0.191. The van der Waals surface area contributed by atoms with Gasteiger partial charge >= 0.3 is 0 Å². The van der Waals surface area contributed by atoms with Gasteiger partial charge in [-0.25, -0.2) is 4.90 Å². The molecule has 0 atom stereocenters. The first kappa shape index (κ1) is 14.0. The summed E-state index contributed by atoms with van der Waals surface area (Å²) in [7, 11) is 1.80. The number of benzene rings is 1. The second-order valence-electron chi connectivity index (χ2n) is 4.25. The van der Waals surface area contributed by atoms with Crippen molar-refractivity contribution in [1.29, 1.82) is 0 Å². The largest absolute Gasteiger partial charge is 0.351 e. The van der Waals surface area contributed by atoms with Gasteiger partial charge in [0.15, 0.2) is 0 Å². The average Bonchev–Trinajstić information content (AvgIpc) is 2.78. The van der Waals surface area contributed by atoms with Crippen molar-refractivity contribution in [2.24, 2.45) is 0 Å². The van der Waals surface area contributed by atoms with Crippen LogP contribution in [-0.2, 0) is 9.59 Å². The molecule has 0 spiro atoms. The summed E-state index contributed by atoms with van der Waals surface area (Å²) in [6, 6.07) is 6.33. The molecule has 1 aliphatic rings. The number of carbonyl (C=O) groups is 3. The summed E-state index contributed by atoms with van der Waals surface area (Å²) in [4.78, 5) is 35.9. The first-order chi connectivity index (χ1) is 9.63. The van der Waals surface area contributed by atoms with E-state index in [1.54, 1.807) is 31.3 Å². The molecule has 0 fully saturated rings. The lowest BCUT2D eigenvalue weighted by Crippen LogP contribution is -2.31. The monoisotopic (exact) mass is 273 g/mol. The Morgan fingerprint density at radius 2 is 1.65 bits per heavy atom. The van der Waals surface area contributed by atoms with E-state index in [0.717, 1.165) is 4.90 Å². The van der Waals surface area contributed by atoms with E-state index >= 15 is 0 Å². The lowest BCUT2D eigenvalue weighted by Gasteiger charge is -2.14. The van der Waals surface area contributed by atoms with E-state index < -0.39 is 0 Å². The van der Waals surface area contributed by atoms with Gasteiger partial charge in [0, 0.05) is 30.8 Å². The summed E-state index contributed by atoms with van der Waals surface area (Å²) < 4.78 is 0. The number of anilines is 1. The maximum atomic E-state index is 11.8. The Balaban J connectivity index is 2.05. The predicted octanol–water partition coefficient (Wildman–Crippen LogP) is 0.0652. The molecular weight excluding hydrogens is 258 g/mol. The van der Waals surface area contributed by atoms with Crippen LogP contribution in [0.1, 0.15) is 10.4 Å². The number of likely N-dealkylation sites (N-methyl/N-ethyl adjacent to an activating group) is 1. The SMILES string of the molecule is CNCCNC(=O)c1ccc(N2C(=O)C=CC2=O)cc1. The zero-order chi connectivity index (χ0) is 14.5. The van der Waals surface area contributed by atoms with Gasteiger partial charge in [0.25, 0.3) is 17.7 Å². The van der Waals surface area contributed by atoms with Crippen LogP contribution >= 0.6 is 0 Å². The molecule has 3 amide bonds. The molecule has 104 valence electrons. The smallest absolute Gasteiger partial charge is 0.258 e. The second-order valence-corrected chi connectivity index (χ2v) is 4.25. The quantitative estimate of drug-likeness (QED) is 0.587. The van der Waals surface area contributed by atoms with Gasteiger partial charge in [-0.2, -0.15) is 0 Å². The van der Waals surface area contributed by atoms with E-state index in [1.807, 2.05) is 0 Å². The van der Waals surface area contributed by atoms with E-state index in [-0.39, 0.29) is 17.7 Å². The summed E-state index contributed by atoms with van der Waals surface area (Å²) in [5.41, 5.74) is 0.939. The van der Waals surface area contributed by atoms with Crippen molar-refractivity contribution in [3.8, 4) is 0 Å². The van der Waals surface area contributed by atoms with Crippen LogP contribution in [0.3, 0.4) is 0 Å². The first-order valence-electron chi connectivity index (χ1n) is 6.22. The summed E-state index contributed by atoms with van der Waals surface area (Å²) >= 11 is 0. The van der Waals surface area contributed by atoms with E-state index in [4.69, 9.17) is 0 Å². The van der Waals surface area contributed by atoms with Crippen LogP contribution in [0.4, 0.5) is 5.69 Å². The first-order valence-corrected chi connectivity index (χ1v) is 6.22. The molecular formula is C14H15N3O3. The molecule has 0 aromatic heterocycles. The minimum atomic E-state index is -0.374. The van der Waals surface area contributed by atoms with E-state index in [1.165, 1.54) is 12.2 Å². The third-order valence-electron chi connectivity index (χ3n) is 2.86. The Kier molecular flexibility index (Phi) is 4.27. The average molecular weight is 273 g/mol. The van der Waals surface area contributed by atoms with Crippen LogP contribution in [0.15, 0.2) is 36.4 Å². The Morgan fingerprint density at radius 3 is 2.20 bits per heavy atom. The van der Waals surface area contributed by atoms with Gasteiger partial charge in [-0.05, 0) is 31.3 Å².